The summed E-state index contributed by atoms with van der Waals surface area (Å²) in [5.41, 5.74) is 0. The molecule has 3 heterocycles. The van der Waals surface area contributed by atoms with Crippen molar-refractivity contribution in [2.45, 2.75) is 56.7 Å². The van der Waals surface area contributed by atoms with Crippen LogP contribution in [0.5, 0.6) is 0 Å². The van der Waals surface area contributed by atoms with Gasteiger partial charge in [0.25, 0.3) is 0 Å². The molecule has 4 heteroatoms. The fourth-order valence-corrected chi connectivity index (χ4v) is 4.22. The Kier molecular flexibility index (Phi) is 3.32. The first-order valence-corrected chi connectivity index (χ1v) is 7.34. The number of carboxylic acids is 1. The highest BCUT2D eigenvalue weighted by Gasteiger charge is 2.41. The van der Waals surface area contributed by atoms with E-state index in [9.17, 15) is 9.90 Å². The van der Waals surface area contributed by atoms with E-state index >= 15 is 0 Å². The van der Waals surface area contributed by atoms with Crippen LogP contribution in [0.4, 0.5) is 0 Å². The van der Waals surface area contributed by atoms with Crippen molar-refractivity contribution in [2.75, 3.05) is 20.1 Å². The van der Waals surface area contributed by atoms with Gasteiger partial charge in [0.05, 0.1) is 5.92 Å². The Bertz CT molecular complexity index is 320. The first-order chi connectivity index (χ1) is 8.65. The van der Waals surface area contributed by atoms with Gasteiger partial charge in [-0.1, -0.05) is 0 Å². The molecule has 0 radical (unpaired) electrons. The summed E-state index contributed by atoms with van der Waals surface area (Å²) in [5.74, 6) is -0.730. The zero-order valence-corrected chi connectivity index (χ0v) is 11.2. The van der Waals surface area contributed by atoms with Gasteiger partial charge in [-0.25, -0.2) is 0 Å². The number of piperidine rings is 2. The first-order valence-electron chi connectivity index (χ1n) is 7.34. The maximum absolute atomic E-state index is 11.1. The van der Waals surface area contributed by atoms with E-state index in [1.165, 1.54) is 25.7 Å². The fourth-order valence-electron chi connectivity index (χ4n) is 4.22. The van der Waals surface area contributed by atoms with Gasteiger partial charge in [-0.05, 0) is 52.1 Å². The van der Waals surface area contributed by atoms with Crippen LogP contribution in [0.3, 0.4) is 0 Å². The Morgan fingerprint density at radius 3 is 2.39 bits per heavy atom. The van der Waals surface area contributed by atoms with Crippen molar-refractivity contribution in [1.29, 1.82) is 0 Å². The molecule has 18 heavy (non-hydrogen) atoms. The largest absolute Gasteiger partial charge is 0.481 e. The van der Waals surface area contributed by atoms with Gasteiger partial charge in [0, 0.05) is 24.7 Å². The second kappa shape index (κ2) is 4.82. The van der Waals surface area contributed by atoms with E-state index in [1.807, 2.05) is 0 Å². The highest BCUT2D eigenvalue weighted by molar-refractivity contribution is 5.70. The van der Waals surface area contributed by atoms with Gasteiger partial charge in [-0.2, -0.15) is 0 Å². The van der Waals surface area contributed by atoms with Crippen molar-refractivity contribution >= 4 is 5.97 Å². The smallest absolute Gasteiger partial charge is 0.307 e. The van der Waals surface area contributed by atoms with E-state index in [0.717, 1.165) is 38.0 Å². The van der Waals surface area contributed by atoms with Crippen LogP contribution in [0.2, 0.25) is 0 Å². The molecular formula is C14H24N2O2. The number of hydrogen-bond acceptors (Lipinski definition) is 3. The molecule has 0 aliphatic carbocycles. The van der Waals surface area contributed by atoms with Gasteiger partial charge in [0.1, 0.15) is 0 Å². The van der Waals surface area contributed by atoms with Crippen LogP contribution in [-0.4, -0.2) is 59.1 Å². The van der Waals surface area contributed by atoms with Crippen LogP contribution < -0.4 is 0 Å². The van der Waals surface area contributed by atoms with Crippen LogP contribution in [0.15, 0.2) is 0 Å². The molecule has 0 spiro atoms. The van der Waals surface area contributed by atoms with Crippen LogP contribution in [0.1, 0.15) is 38.5 Å². The fraction of sp³-hybridized carbons (Fsp3) is 0.929. The summed E-state index contributed by atoms with van der Waals surface area (Å²) in [6, 6.07) is 2.14. The third kappa shape index (κ3) is 2.16. The molecule has 1 N–H and O–H groups in total. The van der Waals surface area contributed by atoms with Gasteiger partial charge in [0.2, 0.25) is 0 Å². The predicted octanol–water partition coefficient (Wildman–Crippen LogP) is 1.41. The minimum Gasteiger partial charge on any atom is -0.481 e. The number of hydrogen-bond donors (Lipinski definition) is 1. The lowest BCUT2D eigenvalue weighted by Crippen LogP contribution is -2.52. The Balaban J connectivity index is 1.63. The molecule has 3 rings (SSSR count). The van der Waals surface area contributed by atoms with Crippen molar-refractivity contribution in [2.24, 2.45) is 5.92 Å². The van der Waals surface area contributed by atoms with E-state index in [-0.39, 0.29) is 5.92 Å². The first kappa shape index (κ1) is 12.4. The van der Waals surface area contributed by atoms with Crippen LogP contribution >= 0.6 is 0 Å². The summed E-state index contributed by atoms with van der Waals surface area (Å²) >= 11 is 0. The van der Waals surface area contributed by atoms with E-state index in [4.69, 9.17) is 0 Å². The molecule has 0 amide bonds. The van der Waals surface area contributed by atoms with Crippen molar-refractivity contribution < 1.29 is 9.90 Å². The standard InChI is InChI=1S/C14H24N2O2/c1-15-11-4-5-12(15)8-13(7-11)16-6-2-3-10(9-16)14(17)18/h10-13H,2-9H2,1H3,(H,17,18). The van der Waals surface area contributed by atoms with E-state index in [1.54, 1.807) is 0 Å². The predicted molar refractivity (Wildman–Crippen MR) is 69.5 cm³/mol. The Hall–Kier alpha value is -0.610. The Morgan fingerprint density at radius 1 is 1.11 bits per heavy atom. The SMILES string of the molecule is CN1C2CCC1CC(N1CCCC(C(=O)O)C1)C2. The number of aliphatic carboxylic acids is 1. The number of rotatable bonds is 2. The molecule has 2 bridgehead atoms. The van der Waals surface area contributed by atoms with Crippen LogP contribution in [-0.2, 0) is 4.79 Å². The molecule has 0 aromatic rings. The summed E-state index contributed by atoms with van der Waals surface area (Å²) in [5, 5.41) is 9.18. The molecule has 4 nitrogen and oxygen atoms in total. The van der Waals surface area contributed by atoms with Gasteiger partial charge < -0.3 is 10.0 Å². The van der Waals surface area contributed by atoms with Gasteiger partial charge in [-0.3, -0.25) is 9.69 Å². The van der Waals surface area contributed by atoms with Gasteiger partial charge in [-0.15, -0.1) is 0 Å². The Labute approximate surface area is 109 Å². The number of carbonyl (C=O) groups is 1. The second-order valence-electron chi connectivity index (χ2n) is 6.35. The topological polar surface area (TPSA) is 43.8 Å². The monoisotopic (exact) mass is 252 g/mol. The summed E-state index contributed by atoms with van der Waals surface area (Å²) in [6.45, 7) is 1.89. The number of likely N-dealkylation sites (tertiary alicyclic amines) is 1. The van der Waals surface area contributed by atoms with Gasteiger partial charge in [0.15, 0.2) is 0 Å². The lowest BCUT2D eigenvalue weighted by Gasteiger charge is -2.44. The van der Waals surface area contributed by atoms with Crippen LogP contribution in [0, 0.1) is 5.92 Å². The molecule has 102 valence electrons. The summed E-state index contributed by atoms with van der Waals surface area (Å²) in [6.07, 6.45) is 7.10. The van der Waals surface area contributed by atoms with Crippen molar-refractivity contribution in [3.63, 3.8) is 0 Å². The summed E-state index contributed by atoms with van der Waals surface area (Å²) in [7, 11) is 2.26. The van der Waals surface area contributed by atoms with Crippen molar-refractivity contribution in [1.82, 2.24) is 9.80 Å². The molecule has 3 aliphatic rings. The second-order valence-corrected chi connectivity index (χ2v) is 6.35. The molecule has 3 fully saturated rings. The number of carboxylic acid groups (broad SMARTS) is 1. The third-order valence-electron chi connectivity index (χ3n) is 5.39. The van der Waals surface area contributed by atoms with Gasteiger partial charge >= 0.3 is 5.97 Å². The quantitative estimate of drug-likeness (QED) is 0.807. The highest BCUT2D eigenvalue weighted by atomic mass is 16.4. The van der Waals surface area contributed by atoms with Crippen molar-refractivity contribution in [3.05, 3.63) is 0 Å². The highest BCUT2D eigenvalue weighted by Crippen LogP contribution is 2.37. The summed E-state index contributed by atoms with van der Waals surface area (Å²) < 4.78 is 0. The maximum atomic E-state index is 11.1. The lowest BCUT2D eigenvalue weighted by molar-refractivity contribution is -0.144. The molecule has 3 saturated heterocycles. The lowest BCUT2D eigenvalue weighted by atomic mass is 9.91. The average molecular weight is 252 g/mol. The minimum atomic E-state index is -0.601. The number of nitrogens with zero attached hydrogens (tertiary/aromatic N) is 2. The minimum absolute atomic E-state index is 0.129. The maximum Gasteiger partial charge on any atom is 0.307 e. The van der Waals surface area contributed by atoms with E-state index < -0.39 is 5.97 Å². The third-order valence-corrected chi connectivity index (χ3v) is 5.39. The molecule has 3 unspecified atom stereocenters. The summed E-state index contributed by atoms with van der Waals surface area (Å²) in [4.78, 5) is 16.2. The molecule has 3 atom stereocenters. The Morgan fingerprint density at radius 2 is 1.78 bits per heavy atom. The number of fused-ring (bicyclic) bond motifs is 2. The van der Waals surface area contributed by atoms with E-state index in [2.05, 4.69) is 16.8 Å². The molecule has 0 saturated carbocycles. The molecule has 0 aromatic heterocycles. The zero-order chi connectivity index (χ0) is 12.7. The molecule has 0 aromatic carbocycles. The molecular weight excluding hydrogens is 228 g/mol. The zero-order valence-electron chi connectivity index (χ0n) is 11.2. The normalized spacial score (nSPS) is 42.1. The van der Waals surface area contributed by atoms with Crippen molar-refractivity contribution in [3.8, 4) is 0 Å². The average Bonchev–Trinajstić information content (AvgIpc) is 2.61. The van der Waals surface area contributed by atoms with Crippen LogP contribution in [0.25, 0.3) is 0 Å². The van der Waals surface area contributed by atoms with E-state index in [0.29, 0.717) is 6.04 Å². The molecule has 3 aliphatic heterocycles.